The molecule has 0 saturated carbocycles. The number of hydrogen-bond acceptors (Lipinski definition) is 6. The summed E-state index contributed by atoms with van der Waals surface area (Å²) < 4.78 is 7.71. The number of nitrogens with one attached hydrogen (secondary N) is 1. The standard InChI is InChI=1S/C22H24N4O3S/c1-4-26-20(14-29-19-8-6-5-7-9-19)24-25-22(26)30-16(3)21(28)23-18-12-10-17(11-13-18)15(2)27/h5-13,16H,4,14H2,1-3H3,(H,23,28). The van der Waals surface area contributed by atoms with Gasteiger partial charge in [0.2, 0.25) is 5.91 Å². The molecular formula is C22H24N4O3S. The van der Waals surface area contributed by atoms with Crippen molar-refractivity contribution in [3.05, 3.63) is 66.0 Å². The van der Waals surface area contributed by atoms with Crippen molar-refractivity contribution in [1.82, 2.24) is 14.8 Å². The second-order valence-corrected chi connectivity index (χ2v) is 7.94. The van der Waals surface area contributed by atoms with E-state index in [4.69, 9.17) is 4.74 Å². The van der Waals surface area contributed by atoms with E-state index in [1.165, 1.54) is 18.7 Å². The Kier molecular flexibility index (Phi) is 7.24. The van der Waals surface area contributed by atoms with Gasteiger partial charge >= 0.3 is 0 Å². The number of ketones is 1. The van der Waals surface area contributed by atoms with Gasteiger partial charge in [-0.3, -0.25) is 9.59 Å². The van der Waals surface area contributed by atoms with Crippen LogP contribution in [0.1, 0.15) is 37.0 Å². The van der Waals surface area contributed by atoms with Crippen molar-refractivity contribution in [3.63, 3.8) is 0 Å². The van der Waals surface area contributed by atoms with E-state index in [1.807, 2.05) is 48.7 Å². The molecule has 1 amide bonds. The molecule has 2 aromatic carbocycles. The number of carbonyl (C=O) groups is 2. The first kappa shape index (κ1) is 21.6. The Morgan fingerprint density at radius 2 is 1.80 bits per heavy atom. The normalized spacial score (nSPS) is 11.7. The van der Waals surface area contributed by atoms with Crippen LogP contribution in [0, 0.1) is 0 Å². The first-order chi connectivity index (χ1) is 14.5. The number of nitrogens with zero attached hydrogens (tertiary/aromatic N) is 3. The second-order valence-electron chi connectivity index (χ2n) is 6.63. The largest absolute Gasteiger partial charge is 0.486 e. The topological polar surface area (TPSA) is 86.1 Å². The molecule has 1 unspecified atom stereocenters. The van der Waals surface area contributed by atoms with Gasteiger partial charge in [-0.15, -0.1) is 10.2 Å². The fraction of sp³-hybridized carbons (Fsp3) is 0.273. The summed E-state index contributed by atoms with van der Waals surface area (Å²) in [7, 11) is 0. The van der Waals surface area contributed by atoms with Gasteiger partial charge in [0.15, 0.2) is 16.8 Å². The third-order valence-corrected chi connectivity index (χ3v) is 5.51. The van der Waals surface area contributed by atoms with Crippen LogP contribution in [-0.2, 0) is 17.9 Å². The van der Waals surface area contributed by atoms with Crippen molar-refractivity contribution in [2.75, 3.05) is 5.32 Å². The molecule has 0 aliphatic rings. The molecule has 0 aliphatic carbocycles. The average Bonchev–Trinajstić information content (AvgIpc) is 3.14. The highest BCUT2D eigenvalue weighted by Crippen LogP contribution is 2.24. The van der Waals surface area contributed by atoms with Crippen LogP contribution in [0.4, 0.5) is 5.69 Å². The van der Waals surface area contributed by atoms with Crippen LogP contribution in [0.3, 0.4) is 0 Å². The summed E-state index contributed by atoms with van der Waals surface area (Å²) in [6, 6.07) is 16.4. The van der Waals surface area contributed by atoms with Crippen molar-refractivity contribution in [2.45, 2.75) is 44.3 Å². The highest BCUT2D eigenvalue weighted by atomic mass is 32.2. The predicted molar refractivity (Wildman–Crippen MR) is 117 cm³/mol. The Morgan fingerprint density at radius 1 is 1.10 bits per heavy atom. The van der Waals surface area contributed by atoms with Gasteiger partial charge in [-0.2, -0.15) is 0 Å². The molecule has 7 nitrogen and oxygen atoms in total. The number of hydrogen-bond donors (Lipinski definition) is 1. The van der Waals surface area contributed by atoms with Gasteiger partial charge in [-0.1, -0.05) is 30.0 Å². The molecule has 0 fully saturated rings. The lowest BCUT2D eigenvalue weighted by atomic mass is 10.1. The monoisotopic (exact) mass is 424 g/mol. The van der Waals surface area contributed by atoms with Crippen molar-refractivity contribution >= 4 is 29.1 Å². The van der Waals surface area contributed by atoms with Crippen molar-refractivity contribution < 1.29 is 14.3 Å². The van der Waals surface area contributed by atoms with E-state index in [-0.39, 0.29) is 16.9 Å². The number of para-hydroxylation sites is 1. The van der Waals surface area contributed by atoms with E-state index in [1.54, 1.807) is 24.3 Å². The summed E-state index contributed by atoms with van der Waals surface area (Å²) in [6.07, 6.45) is 0. The lowest BCUT2D eigenvalue weighted by Crippen LogP contribution is -2.23. The number of thioether (sulfide) groups is 1. The lowest BCUT2D eigenvalue weighted by Gasteiger charge is -2.13. The maximum atomic E-state index is 12.6. The summed E-state index contributed by atoms with van der Waals surface area (Å²) in [5.41, 5.74) is 1.25. The summed E-state index contributed by atoms with van der Waals surface area (Å²) in [5.74, 6) is 1.31. The molecule has 1 heterocycles. The van der Waals surface area contributed by atoms with E-state index in [2.05, 4.69) is 15.5 Å². The van der Waals surface area contributed by atoms with E-state index >= 15 is 0 Å². The van der Waals surface area contributed by atoms with Gasteiger partial charge in [-0.25, -0.2) is 0 Å². The van der Waals surface area contributed by atoms with Gasteiger partial charge < -0.3 is 14.6 Å². The minimum atomic E-state index is -0.380. The minimum absolute atomic E-state index is 0.0113. The van der Waals surface area contributed by atoms with E-state index in [0.717, 1.165) is 5.75 Å². The van der Waals surface area contributed by atoms with E-state index < -0.39 is 0 Å². The molecule has 3 aromatic rings. The molecule has 0 spiro atoms. The SMILES string of the molecule is CCn1c(COc2ccccc2)nnc1SC(C)C(=O)Nc1ccc(C(C)=O)cc1. The lowest BCUT2D eigenvalue weighted by molar-refractivity contribution is -0.115. The zero-order valence-corrected chi connectivity index (χ0v) is 18.0. The maximum absolute atomic E-state index is 12.6. The fourth-order valence-electron chi connectivity index (χ4n) is 2.74. The van der Waals surface area contributed by atoms with Crippen LogP contribution in [0.2, 0.25) is 0 Å². The molecule has 1 N–H and O–H groups in total. The molecule has 30 heavy (non-hydrogen) atoms. The first-order valence-corrected chi connectivity index (χ1v) is 10.5. The molecular weight excluding hydrogens is 400 g/mol. The number of ether oxygens (including phenoxy) is 1. The molecule has 0 saturated heterocycles. The Bertz CT molecular complexity index is 1000. The summed E-state index contributed by atoms with van der Waals surface area (Å²) in [6.45, 7) is 6.30. The van der Waals surface area contributed by atoms with Gasteiger partial charge in [0.1, 0.15) is 12.4 Å². The number of carbonyl (C=O) groups excluding carboxylic acids is 2. The molecule has 1 atom stereocenters. The number of anilines is 1. The van der Waals surface area contributed by atoms with Gasteiger partial charge in [0, 0.05) is 17.8 Å². The number of aromatic nitrogens is 3. The minimum Gasteiger partial charge on any atom is -0.486 e. The summed E-state index contributed by atoms with van der Waals surface area (Å²) in [5, 5.41) is 11.6. The van der Waals surface area contributed by atoms with E-state index in [0.29, 0.717) is 35.4 Å². The molecule has 0 aliphatic heterocycles. The Hall–Kier alpha value is -3.13. The quantitative estimate of drug-likeness (QED) is 0.409. The first-order valence-electron chi connectivity index (χ1n) is 9.66. The predicted octanol–water partition coefficient (Wildman–Crippen LogP) is 4.20. The Labute approximate surface area is 179 Å². The van der Waals surface area contributed by atoms with Crippen LogP contribution in [0.5, 0.6) is 5.75 Å². The fourth-order valence-corrected chi connectivity index (χ4v) is 3.67. The average molecular weight is 425 g/mol. The van der Waals surface area contributed by atoms with Crippen LogP contribution in [0.15, 0.2) is 59.8 Å². The molecule has 156 valence electrons. The van der Waals surface area contributed by atoms with Crippen molar-refractivity contribution in [1.29, 1.82) is 0 Å². The van der Waals surface area contributed by atoms with Gasteiger partial charge in [0.05, 0.1) is 5.25 Å². The zero-order chi connectivity index (χ0) is 21.5. The van der Waals surface area contributed by atoms with Crippen LogP contribution < -0.4 is 10.1 Å². The number of amides is 1. The van der Waals surface area contributed by atoms with Gasteiger partial charge in [-0.05, 0) is 57.2 Å². The Morgan fingerprint density at radius 3 is 2.43 bits per heavy atom. The number of benzene rings is 2. The summed E-state index contributed by atoms with van der Waals surface area (Å²) >= 11 is 1.34. The highest BCUT2D eigenvalue weighted by molar-refractivity contribution is 8.00. The van der Waals surface area contributed by atoms with Crippen LogP contribution in [0.25, 0.3) is 0 Å². The smallest absolute Gasteiger partial charge is 0.237 e. The molecule has 0 radical (unpaired) electrons. The number of Topliss-reactive ketones (excluding diaryl/α,β-unsaturated/α-hetero) is 1. The third-order valence-electron chi connectivity index (χ3n) is 4.43. The molecule has 8 heteroatoms. The van der Waals surface area contributed by atoms with Crippen LogP contribution >= 0.6 is 11.8 Å². The Balaban J connectivity index is 1.61. The van der Waals surface area contributed by atoms with Crippen molar-refractivity contribution in [3.8, 4) is 5.75 Å². The molecule has 1 aromatic heterocycles. The molecule has 0 bridgehead atoms. The van der Waals surface area contributed by atoms with Gasteiger partial charge in [0.25, 0.3) is 0 Å². The third kappa shape index (κ3) is 5.48. The zero-order valence-electron chi connectivity index (χ0n) is 17.2. The van der Waals surface area contributed by atoms with Crippen LogP contribution in [-0.4, -0.2) is 31.7 Å². The maximum Gasteiger partial charge on any atom is 0.237 e. The highest BCUT2D eigenvalue weighted by Gasteiger charge is 2.20. The number of rotatable bonds is 9. The second kappa shape index (κ2) is 10.1. The summed E-state index contributed by atoms with van der Waals surface area (Å²) in [4.78, 5) is 23.9. The molecule has 3 rings (SSSR count). The van der Waals surface area contributed by atoms with E-state index in [9.17, 15) is 9.59 Å². The van der Waals surface area contributed by atoms with Crippen molar-refractivity contribution in [2.24, 2.45) is 0 Å².